The number of benzene rings is 1. The molecule has 0 aliphatic heterocycles. The van der Waals surface area contributed by atoms with E-state index in [1.54, 1.807) is 25.2 Å². The molecule has 3 aromatic rings. The van der Waals surface area contributed by atoms with Gasteiger partial charge < -0.3 is 20.5 Å². The molecule has 0 saturated heterocycles. The molecule has 1 aromatic carbocycles. The average Bonchev–Trinajstić information content (AvgIpc) is 3.53. The Bertz CT molecular complexity index is 1180. The number of aliphatic hydroxyl groups excluding tert-OH is 1. The van der Waals surface area contributed by atoms with Crippen LogP contribution in [0.1, 0.15) is 24.5 Å². The summed E-state index contributed by atoms with van der Waals surface area (Å²) in [6, 6.07) is 6.21. The minimum Gasteiger partial charge on any atom is -0.494 e. The molecule has 1 aliphatic carbocycles. The van der Waals surface area contributed by atoms with Crippen LogP contribution in [-0.2, 0) is 11.8 Å². The number of hydrogen-bond acceptors (Lipinski definition) is 7. The van der Waals surface area contributed by atoms with E-state index in [-0.39, 0.29) is 29.1 Å². The van der Waals surface area contributed by atoms with E-state index in [1.165, 1.54) is 24.2 Å². The molecule has 4 rings (SSSR count). The Morgan fingerprint density at radius 1 is 1.27 bits per heavy atom. The maximum absolute atomic E-state index is 13.3. The van der Waals surface area contributed by atoms with Crippen LogP contribution < -0.4 is 15.4 Å². The van der Waals surface area contributed by atoms with E-state index in [1.807, 2.05) is 0 Å². The van der Waals surface area contributed by atoms with Crippen molar-refractivity contribution in [2.45, 2.75) is 25.1 Å². The summed E-state index contributed by atoms with van der Waals surface area (Å²) >= 11 is 0. The Labute approximate surface area is 186 Å². The smallest absolute Gasteiger partial charge is 0.418 e. The van der Waals surface area contributed by atoms with Crippen molar-refractivity contribution in [1.29, 1.82) is 0 Å². The van der Waals surface area contributed by atoms with Crippen LogP contribution in [-0.4, -0.2) is 44.0 Å². The summed E-state index contributed by atoms with van der Waals surface area (Å²) in [7, 11) is 3.11. The predicted octanol–water partition coefficient (Wildman–Crippen LogP) is 3.57. The number of halogens is 3. The second-order valence-electron chi connectivity index (χ2n) is 7.62. The zero-order chi connectivity index (χ0) is 23.8. The molecule has 1 atom stereocenters. The lowest BCUT2D eigenvalue weighted by Crippen LogP contribution is -2.22. The summed E-state index contributed by atoms with van der Waals surface area (Å²) in [5, 5.41) is 19.6. The fraction of sp³-hybridized carbons (Fsp3) is 0.333. The van der Waals surface area contributed by atoms with Gasteiger partial charge in [-0.2, -0.15) is 18.3 Å². The van der Waals surface area contributed by atoms with Gasteiger partial charge in [0, 0.05) is 36.5 Å². The van der Waals surface area contributed by atoms with Crippen LogP contribution in [0.4, 0.5) is 30.4 Å². The van der Waals surface area contributed by atoms with Gasteiger partial charge in [0.2, 0.25) is 5.91 Å². The molecule has 0 spiro atoms. The van der Waals surface area contributed by atoms with Gasteiger partial charge in [0.1, 0.15) is 12.1 Å². The molecule has 33 heavy (non-hydrogen) atoms. The highest BCUT2D eigenvalue weighted by atomic mass is 19.4. The van der Waals surface area contributed by atoms with Crippen molar-refractivity contribution in [3.05, 3.63) is 42.4 Å². The Balaban J connectivity index is 1.74. The van der Waals surface area contributed by atoms with Crippen molar-refractivity contribution in [2.75, 3.05) is 17.7 Å². The van der Waals surface area contributed by atoms with Crippen molar-refractivity contribution in [3.63, 3.8) is 0 Å². The first kappa shape index (κ1) is 22.5. The highest BCUT2D eigenvalue weighted by Gasteiger charge is 2.41. The monoisotopic (exact) mass is 462 g/mol. The number of amides is 1. The van der Waals surface area contributed by atoms with Crippen LogP contribution in [0.5, 0.6) is 5.75 Å². The molecule has 1 amide bonds. The molecule has 3 N–H and O–H groups in total. The lowest BCUT2D eigenvalue weighted by atomic mass is 10.1. The van der Waals surface area contributed by atoms with E-state index in [2.05, 4.69) is 25.7 Å². The number of nitrogens with one attached hydrogen (secondary N) is 2. The number of carbonyl (C=O) groups excluding carboxylic acids is 1. The number of hydrogen-bond donors (Lipinski definition) is 3. The van der Waals surface area contributed by atoms with Gasteiger partial charge in [-0.25, -0.2) is 9.97 Å². The molecule has 1 fully saturated rings. The summed E-state index contributed by atoms with van der Waals surface area (Å²) in [5.74, 6) is 0.343. The van der Waals surface area contributed by atoms with Crippen molar-refractivity contribution >= 4 is 23.1 Å². The molecular weight excluding hydrogens is 441 g/mol. The fourth-order valence-corrected chi connectivity index (χ4v) is 3.25. The highest BCUT2D eigenvalue weighted by Crippen LogP contribution is 2.41. The molecule has 12 heteroatoms. The SMILES string of the molecule is COc1c(Nc2cc(NC(=O)C3CC3)ncc2C(O)C(F)(F)F)cccc1-c1ncn(C)n1. The maximum atomic E-state index is 13.3. The first-order chi connectivity index (χ1) is 15.7. The standard InChI is InChI=1S/C21H21F3N6O3/c1-30-10-26-19(29-30)12-4-3-5-14(17(12)33-2)27-15-8-16(28-20(32)11-6-7-11)25-9-13(15)18(31)21(22,23)24/h3-5,8-11,18,31H,6-7H2,1-2H3,(H2,25,27,28,32). The number of aliphatic hydroxyl groups is 1. The average molecular weight is 462 g/mol. The number of alkyl halides is 3. The number of anilines is 3. The Hall–Kier alpha value is -3.67. The third-order valence-corrected chi connectivity index (χ3v) is 5.07. The minimum absolute atomic E-state index is 0.0639. The van der Waals surface area contributed by atoms with Crippen LogP contribution in [0.2, 0.25) is 0 Å². The molecule has 9 nitrogen and oxygen atoms in total. The third kappa shape index (κ3) is 4.90. The zero-order valence-electron chi connectivity index (χ0n) is 17.7. The fourth-order valence-electron chi connectivity index (χ4n) is 3.25. The minimum atomic E-state index is -4.92. The number of pyridine rings is 1. The van der Waals surface area contributed by atoms with Crippen LogP contribution in [0, 0.1) is 5.92 Å². The zero-order valence-corrected chi connectivity index (χ0v) is 17.7. The maximum Gasteiger partial charge on any atom is 0.418 e. The van der Waals surface area contributed by atoms with Crippen LogP contribution in [0.25, 0.3) is 11.4 Å². The van der Waals surface area contributed by atoms with E-state index >= 15 is 0 Å². The van der Waals surface area contributed by atoms with Gasteiger partial charge >= 0.3 is 6.18 Å². The number of methoxy groups -OCH3 is 1. The lowest BCUT2D eigenvalue weighted by Gasteiger charge is -2.21. The van der Waals surface area contributed by atoms with Gasteiger partial charge in [0.25, 0.3) is 0 Å². The molecule has 2 aromatic heterocycles. The van der Waals surface area contributed by atoms with Crippen molar-refractivity contribution < 1.29 is 27.8 Å². The largest absolute Gasteiger partial charge is 0.494 e. The van der Waals surface area contributed by atoms with Crippen LogP contribution in [0.15, 0.2) is 36.8 Å². The van der Waals surface area contributed by atoms with Gasteiger partial charge in [-0.05, 0) is 25.0 Å². The second-order valence-corrected chi connectivity index (χ2v) is 7.62. The van der Waals surface area contributed by atoms with Crippen molar-refractivity contribution in [3.8, 4) is 17.1 Å². The van der Waals surface area contributed by atoms with Gasteiger partial charge in [-0.1, -0.05) is 6.07 Å². The van der Waals surface area contributed by atoms with E-state index in [0.717, 1.165) is 19.0 Å². The number of aryl methyl sites for hydroxylation is 1. The molecule has 1 unspecified atom stereocenters. The number of nitrogens with zero attached hydrogens (tertiary/aromatic N) is 4. The topological polar surface area (TPSA) is 114 Å². The van der Waals surface area contributed by atoms with E-state index < -0.39 is 17.8 Å². The second kappa shape index (κ2) is 8.70. The summed E-state index contributed by atoms with van der Waals surface area (Å²) in [4.78, 5) is 20.2. The summed E-state index contributed by atoms with van der Waals surface area (Å²) in [6.45, 7) is 0. The van der Waals surface area contributed by atoms with Crippen LogP contribution in [0.3, 0.4) is 0 Å². The van der Waals surface area contributed by atoms with Gasteiger partial charge in [0.05, 0.1) is 18.4 Å². The Morgan fingerprint density at radius 3 is 2.64 bits per heavy atom. The summed E-state index contributed by atoms with van der Waals surface area (Å²) < 4.78 is 46.9. The molecule has 0 bridgehead atoms. The lowest BCUT2D eigenvalue weighted by molar-refractivity contribution is -0.206. The Morgan fingerprint density at radius 2 is 2.03 bits per heavy atom. The van der Waals surface area contributed by atoms with Crippen molar-refractivity contribution in [1.82, 2.24) is 19.7 Å². The quantitative estimate of drug-likeness (QED) is 0.492. The highest BCUT2D eigenvalue weighted by molar-refractivity contribution is 5.93. The van der Waals surface area contributed by atoms with Gasteiger partial charge in [-0.15, -0.1) is 0 Å². The van der Waals surface area contributed by atoms with Crippen molar-refractivity contribution in [2.24, 2.45) is 13.0 Å². The van der Waals surface area contributed by atoms with E-state index in [9.17, 15) is 23.1 Å². The van der Waals surface area contributed by atoms with E-state index in [4.69, 9.17) is 4.74 Å². The molecule has 1 aliphatic rings. The molecular formula is C21H21F3N6O3. The normalized spacial score (nSPS) is 14.6. The molecule has 2 heterocycles. The first-order valence-corrected chi connectivity index (χ1v) is 10.0. The summed E-state index contributed by atoms with van der Waals surface area (Å²) in [5.41, 5.74) is 0.224. The number of rotatable bonds is 7. The molecule has 0 radical (unpaired) electrons. The first-order valence-electron chi connectivity index (χ1n) is 10.0. The van der Waals surface area contributed by atoms with E-state index in [0.29, 0.717) is 17.1 Å². The molecule has 1 saturated carbocycles. The predicted molar refractivity (Wildman–Crippen MR) is 113 cm³/mol. The number of carbonyl (C=O) groups is 1. The van der Waals surface area contributed by atoms with Crippen LogP contribution >= 0.6 is 0 Å². The Kier molecular flexibility index (Phi) is 5.93. The number of para-hydroxylation sites is 1. The number of aromatic nitrogens is 4. The molecule has 174 valence electrons. The van der Waals surface area contributed by atoms with Gasteiger partial charge in [-0.3, -0.25) is 9.48 Å². The third-order valence-electron chi connectivity index (χ3n) is 5.07. The summed E-state index contributed by atoms with van der Waals surface area (Å²) in [6.07, 6.45) is -3.79. The number of ether oxygens (including phenoxy) is 1. The van der Waals surface area contributed by atoms with Gasteiger partial charge in [0.15, 0.2) is 17.7 Å².